The van der Waals surface area contributed by atoms with Crippen LogP contribution in [0.15, 0.2) is 0 Å². The molecule has 2 atom stereocenters. The number of hydrogen-bond donors (Lipinski definition) is 1. The molecule has 2 N–H and O–H groups in total. The maximum atomic E-state index is 5.85. The first kappa shape index (κ1) is 15.9. The van der Waals surface area contributed by atoms with Gasteiger partial charge in [-0.3, -0.25) is 0 Å². The maximum absolute atomic E-state index is 5.85. The van der Waals surface area contributed by atoms with Gasteiger partial charge in [0.05, 0.1) is 0 Å². The van der Waals surface area contributed by atoms with E-state index in [1.807, 2.05) is 0 Å². The van der Waals surface area contributed by atoms with Crippen molar-refractivity contribution in [3.8, 4) is 0 Å². The number of hydrogen-bond acceptors (Lipinski definition) is 3. The van der Waals surface area contributed by atoms with E-state index in [1.54, 1.807) is 0 Å². The molecule has 1 saturated heterocycles. The molecular formula is C15H33N3. The Balaban J connectivity index is 2.21. The van der Waals surface area contributed by atoms with Gasteiger partial charge < -0.3 is 15.5 Å². The SMILES string of the molecule is CC(C)C(CN)CN(C)CCC1CCCN(C)C1. The minimum absolute atomic E-state index is 0.643. The van der Waals surface area contributed by atoms with Gasteiger partial charge >= 0.3 is 0 Å². The van der Waals surface area contributed by atoms with Gasteiger partial charge in [-0.2, -0.15) is 0 Å². The van der Waals surface area contributed by atoms with Crippen molar-refractivity contribution in [3.63, 3.8) is 0 Å². The van der Waals surface area contributed by atoms with Gasteiger partial charge in [-0.15, -0.1) is 0 Å². The summed E-state index contributed by atoms with van der Waals surface area (Å²) in [7, 11) is 4.50. The summed E-state index contributed by atoms with van der Waals surface area (Å²) >= 11 is 0. The Morgan fingerprint density at radius 3 is 2.67 bits per heavy atom. The second-order valence-corrected chi connectivity index (χ2v) is 6.56. The molecule has 0 amide bonds. The van der Waals surface area contributed by atoms with Gasteiger partial charge in [0.15, 0.2) is 0 Å². The van der Waals surface area contributed by atoms with Crippen LogP contribution < -0.4 is 5.73 Å². The second-order valence-electron chi connectivity index (χ2n) is 6.56. The zero-order valence-electron chi connectivity index (χ0n) is 12.9. The number of nitrogens with two attached hydrogens (primary N) is 1. The highest BCUT2D eigenvalue weighted by Crippen LogP contribution is 2.19. The van der Waals surface area contributed by atoms with Crippen LogP contribution in [0.5, 0.6) is 0 Å². The minimum atomic E-state index is 0.643. The van der Waals surface area contributed by atoms with Gasteiger partial charge in [-0.1, -0.05) is 13.8 Å². The van der Waals surface area contributed by atoms with E-state index in [-0.39, 0.29) is 0 Å². The van der Waals surface area contributed by atoms with Crippen molar-refractivity contribution in [2.24, 2.45) is 23.5 Å². The van der Waals surface area contributed by atoms with Gasteiger partial charge in [-0.25, -0.2) is 0 Å². The van der Waals surface area contributed by atoms with Crippen molar-refractivity contribution in [1.29, 1.82) is 0 Å². The highest BCUT2D eigenvalue weighted by molar-refractivity contribution is 4.73. The summed E-state index contributed by atoms with van der Waals surface area (Å²) in [5.74, 6) is 2.24. The van der Waals surface area contributed by atoms with Crippen molar-refractivity contribution >= 4 is 0 Å². The first-order chi connectivity index (χ1) is 8.52. The average molecular weight is 255 g/mol. The van der Waals surface area contributed by atoms with Crippen molar-refractivity contribution in [3.05, 3.63) is 0 Å². The molecule has 2 unspecified atom stereocenters. The predicted octanol–water partition coefficient (Wildman–Crippen LogP) is 1.88. The van der Waals surface area contributed by atoms with E-state index >= 15 is 0 Å². The van der Waals surface area contributed by atoms with Gasteiger partial charge in [-0.05, 0) is 70.7 Å². The fourth-order valence-electron chi connectivity index (χ4n) is 2.96. The second kappa shape index (κ2) is 8.13. The van der Waals surface area contributed by atoms with Gasteiger partial charge in [0.1, 0.15) is 0 Å². The Bertz CT molecular complexity index is 218. The highest BCUT2D eigenvalue weighted by Gasteiger charge is 2.18. The van der Waals surface area contributed by atoms with Crippen molar-refractivity contribution in [1.82, 2.24) is 9.80 Å². The van der Waals surface area contributed by atoms with E-state index < -0.39 is 0 Å². The summed E-state index contributed by atoms with van der Waals surface area (Å²) in [4.78, 5) is 4.96. The van der Waals surface area contributed by atoms with Crippen molar-refractivity contribution in [2.45, 2.75) is 33.1 Å². The molecule has 1 heterocycles. The van der Waals surface area contributed by atoms with Crippen LogP contribution in [0.25, 0.3) is 0 Å². The van der Waals surface area contributed by atoms with Gasteiger partial charge in [0.2, 0.25) is 0 Å². The standard InChI is InChI=1S/C15H33N3/c1-13(2)15(10-16)12-18(4)9-7-14-6-5-8-17(3)11-14/h13-15H,5-12,16H2,1-4H3. The number of likely N-dealkylation sites (tertiary alicyclic amines) is 1. The summed E-state index contributed by atoms with van der Waals surface area (Å²) in [5, 5.41) is 0. The summed E-state index contributed by atoms with van der Waals surface area (Å²) in [6, 6.07) is 0. The van der Waals surface area contributed by atoms with Crippen LogP contribution in [-0.2, 0) is 0 Å². The molecule has 1 aliphatic rings. The molecule has 0 aromatic carbocycles. The van der Waals surface area contributed by atoms with E-state index in [4.69, 9.17) is 5.73 Å². The Morgan fingerprint density at radius 1 is 1.39 bits per heavy atom. The fourth-order valence-corrected chi connectivity index (χ4v) is 2.96. The number of nitrogens with zero attached hydrogens (tertiary/aromatic N) is 2. The predicted molar refractivity (Wildman–Crippen MR) is 79.7 cm³/mol. The van der Waals surface area contributed by atoms with Crippen LogP contribution in [0.1, 0.15) is 33.1 Å². The van der Waals surface area contributed by atoms with Crippen LogP contribution in [0.2, 0.25) is 0 Å². The summed E-state index contributed by atoms with van der Waals surface area (Å²) in [6.07, 6.45) is 4.14. The molecule has 0 aromatic heterocycles. The molecule has 1 fully saturated rings. The van der Waals surface area contributed by atoms with Crippen LogP contribution in [-0.4, -0.2) is 56.6 Å². The molecule has 1 aliphatic heterocycles. The zero-order valence-corrected chi connectivity index (χ0v) is 12.9. The lowest BCUT2D eigenvalue weighted by molar-refractivity contribution is 0.174. The molecule has 18 heavy (non-hydrogen) atoms. The van der Waals surface area contributed by atoms with E-state index in [1.165, 1.54) is 38.9 Å². The van der Waals surface area contributed by atoms with Crippen molar-refractivity contribution in [2.75, 3.05) is 46.8 Å². The molecule has 3 heteroatoms. The lowest BCUT2D eigenvalue weighted by atomic mass is 9.93. The summed E-state index contributed by atoms with van der Waals surface area (Å²) in [5.41, 5.74) is 5.85. The molecule has 0 spiro atoms. The summed E-state index contributed by atoms with van der Waals surface area (Å²) < 4.78 is 0. The molecular weight excluding hydrogens is 222 g/mol. The Kier molecular flexibility index (Phi) is 7.20. The zero-order chi connectivity index (χ0) is 13.5. The Morgan fingerprint density at radius 2 is 2.11 bits per heavy atom. The lowest BCUT2D eigenvalue weighted by Gasteiger charge is -2.32. The molecule has 108 valence electrons. The smallest absolute Gasteiger partial charge is 0.00211 e. The monoisotopic (exact) mass is 255 g/mol. The first-order valence-electron chi connectivity index (χ1n) is 7.60. The van der Waals surface area contributed by atoms with Crippen LogP contribution >= 0.6 is 0 Å². The fraction of sp³-hybridized carbons (Fsp3) is 1.00. The van der Waals surface area contributed by atoms with Gasteiger partial charge in [0.25, 0.3) is 0 Å². The molecule has 0 radical (unpaired) electrons. The van der Waals surface area contributed by atoms with E-state index in [0.717, 1.165) is 19.0 Å². The van der Waals surface area contributed by atoms with Crippen LogP contribution in [0.3, 0.4) is 0 Å². The van der Waals surface area contributed by atoms with Crippen LogP contribution in [0, 0.1) is 17.8 Å². The number of piperidine rings is 1. The van der Waals surface area contributed by atoms with Crippen molar-refractivity contribution < 1.29 is 0 Å². The van der Waals surface area contributed by atoms with Crippen LogP contribution in [0.4, 0.5) is 0 Å². The summed E-state index contributed by atoms with van der Waals surface area (Å²) in [6.45, 7) is 10.3. The Hall–Kier alpha value is -0.120. The third-order valence-corrected chi connectivity index (χ3v) is 4.43. The van der Waals surface area contributed by atoms with Gasteiger partial charge in [0, 0.05) is 13.1 Å². The highest BCUT2D eigenvalue weighted by atomic mass is 15.1. The largest absolute Gasteiger partial charge is 0.330 e. The number of rotatable bonds is 7. The van der Waals surface area contributed by atoms with E-state index in [9.17, 15) is 0 Å². The minimum Gasteiger partial charge on any atom is -0.330 e. The lowest BCUT2D eigenvalue weighted by Crippen LogP contribution is -2.36. The molecule has 3 nitrogen and oxygen atoms in total. The van der Waals surface area contributed by atoms with E-state index in [0.29, 0.717) is 11.8 Å². The molecule has 0 saturated carbocycles. The van der Waals surface area contributed by atoms with E-state index in [2.05, 4.69) is 37.7 Å². The average Bonchev–Trinajstić information content (AvgIpc) is 2.33. The molecule has 0 aromatic rings. The first-order valence-corrected chi connectivity index (χ1v) is 7.60. The molecule has 0 bridgehead atoms. The quantitative estimate of drug-likeness (QED) is 0.754. The topological polar surface area (TPSA) is 32.5 Å². The normalized spacial score (nSPS) is 23.8. The third kappa shape index (κ3) is 5.68. The third-order valence-electron chi connectivity index (χ3n) is 4.43. The molecule has 0 aliphatic carbocycles. The molecule has 1 rings (SSSR count). The Labute approximate surface area is 114 Å². The maximum Gasteiger partial charge on any atom is 0.00211 e.